The average Bonchev–Trinajstić information content (AvgIpc) is 2.70. The Bertz CT molecular complexity index is 799. The Morgan fingerprint density at radius 1 is 0.931 bits per heavy atom. The first-order chi connectivity index (χ1) is 14.0. The minimum Gasteiger partial charge on any atom is -0.507 e. The maximum atomic E-state index is 14.1. The summed E-state index contributed by atoms with van der Waals surface area (Å²) in [6.45, 7) is 2.84. The van der Waals surface area contributed by atoms with E-state index in [4.69, 9.17) is 11.6 Å². The molecule has 1 aromatic heterocycles. The molecule has 0 aliphatic heterocycles. The van der Waals surface area contributed by atoms with Gasteiger partial charge in [-0.1, -0.05) is 82.4 Å². The Labute approximate surface area is 178 Å². The van der Waals surface area contributed by atoms with E-state index in [9.17, 15) is 14.3 Å². The van der Waals surface area contributed by atoms with Crippen molar-refractivity contribution in [2.24, 2.45) is 0 Å². The van der Waals surface area contributed by atoms with E-state index in [2.05, 4.69) is 6.92 Å². The molecular weight excluding hydrogens is 389 g/mol. The van der Waals surface area contributed by atoms with Crippen molar-refractivity contribution in [2.45, 2.75) is 84.1 Å². The molecule has 0 saturated heterocycles. The average molecular weight is 422 g/mol. The van der Waals surface area contributed by atoms with Crippen molar-refractivity contribution in [3.63, 3.8) is 0 Å². The third kappa shape index (κ3) is 7.50. The molecule has 0 aliphatic rings. The van der Waals surface area contributed by atoms with Gasteiger partial charge in [0, 0.05) is 29.7 Å². The zero-order valence-corrected chi connectivity index (χ0v) is 18.2. The summed E-state index contributed by atoms with van der Waals surface area (Å²) in [5.74, 6) is -0.588. The molecule has 5 heteroatoms. The van der Waals surface area contributed by atoms with E-state index in [-0.39, 0.29) is 33.9 Å². The lowest BCUT2D eigenvalue weighted by Gasteiger charge is -2.11. The number of aromatic nitrogens is 1. The van der Waals surface area contributed by atoms with Crippen LogP contribution in [-0.2, 0) is 13.0 Å². The summed E-state index contributed by atoms with van der Waals surface area (Å²) < 4.78 is 15.7. The van der Waals surface area contributed by atoms with Crippen molar-refractivity contribution in [2.75, 3.05) is 0 Å². The summed E-state index contributed by atoms with van der Waals surface area (Å²) in [5.41, 5.74) is 0.144. The van der Waals surface area contributed by atoms with Gasteiger partial charge in [0.25, 0.3) is 5.56 Å². The van der Waals surface area contributed by atoms with Crippen LogP contribution in [0.5, 0.6) is 5.75 Å². The molecule has 0 atom stereocenters. The van der Waals surface area contributed by atoms with Gasteiger partial charge in [-0.3, -0.25) is 4.79 Å². The molecule has 0 amide bonds. The monoisotopic (exact) mass is 421 g/mol. The Hall–Kier alpha value is -1.81. The van der Waals surface area contributed by atoms with Crippen molar-refractivity contribution >= 4 is 11.6 Å². The molecule has 0 spiro atoms. The van der Waals surface area contributed by atoms with E-state index in [0.29, 0.717) is 6.54 Å². The highest BCUT2D eigenvalue weighted by Crippen LogP contribution is 2.24. The zero-order chi connectivity index (χ0) is 21.1. The van der Waals surface area contributed by atoms with Crippen LogP contribution in [-0.4, -0.2) is 9.67 Å². The van der Waals surface area contributed by atoms with Gasteiger partial charge in [0.1, 0.15) is 11.6 Å². The van der Waals surface area contributed by atoms with E-state index in [1.807, 2.05) is 0 Å². The van der Waals surface area contributed by atoms with Crippen molar-refractivity contribution in [3.8, 4) is 5.75 Å². The minimum absolute atomic E-state index is 0.0188. The number of hydrogen-bond donors (Lipinski definition) is 1. The number of halogens is 2. The van der Waals surface area contributed by atoms with Crippen LogP contribution in [0.15, 0.2) is 35.3 Å². The van der Waals surface area contributed by atoms with Crippen LogP contribution < -0.4 is 5.56 Å². The third-order valence-corrected chi connectivity index (χ3v) is 5.76. The highest BCUT2D eigenvalue weighted by atomic mass is 35.5. The molecule has 1 aromatic carbocycles. The smallest absolute Gasteiger partial charge is 0.257 e. The normalized spacial score (nSPS) is 11.1. The third-order valence-electron chi connectivity index (χ3n) is 5.41. The van der Waals surface area contributed by atoms with Crippen LogP contribution in [0.3, 0.4) is 0 Å². The first-order valence-electron chi connectivity index (χ1n) is 10.9. The van der Waals surface area contributed by atoms with Crippen molar-refractivity contribution < 1.29 is 9.50 Å². The van der Waals surface area contributed by atoms with Gasteiger partial charge in [0.2, 0.25) is 0 Å². The quantitative estimate of drug-likeness (QED) is 0.359. The maximum absolute atomic E-state index is 14.1. The zero-order valence-electron chi connectivity index (χ0n) is 17.4. The van der Waals surface area contributed by atoms with Crippen LogP contribution in [0, 0.1) is 5.82 Å². The molecule has 0 bridgehead atoms. The maximum Gasteiger partial charge on any atom is 0.257 e. The van der Waals surface area contributed by atoms with E-state index in [1.165, 1.54) is 69.6 Å². The first kappa shape index (κ1) is 23.5. The second-order valence-electron chi connectivity index (χ2n) is 7.74. The molecule has 2 rings (SSSR count). The number of benzene rings is 1. The molecule has 0 fully saturated rings. The molecule has 0 unspecified atom stereocenters. The van der Waals surface area contributed by atoms with Crippen LogP contribution in [0.2, 0.25) is 5.02 Å². The van der Waals surface area contributed by atoms with Gasteiger partial charge in [0.15, 0.2) is 0 Å². The number of nitrogens with zero attached hydrogens (tertiary/aromatic N) is 1. The largest absolute Gasteiger partial charge is 0.507 e. The topological polar surface area (TPSA) is 42.2 Å². The van der Waals surface area contributed by atoms with Crippen LogP contribution in [0.25, 0.3) is 0 Å². The van der Waals surface area contributed by atoms with Gasteiger partial charge in [0.05, 0.1) is 5.56 Å². The van der Waals surface area contributed by atoms with Crippen LogP contribution in [0.4, 0.5) is 4.39 Å². The molecule has 1 N–H and O–H groups in total. The van der Waals surface area contributed by atoms with E-state index >= 15 is 0 Å². The van der Waals surface area contributed by atoms with Crippen LogP contribution >= 0.6 is 11.6 Å². The lowest BCUT2D eigenvalue weighted by atomic mass is 10.0. The summed E-state index contributed by atoms with van der Waals surface area (Å²) in [4.78, 5) is 12.7. The predicted molar refractivity (Wildman–Crippen MR) is 118 cm³/mol. The van der Waals surface area contributed by atoms with Gasteiger partial charge in [-0.2, -0.15) is 0 Å². The second kappa shape index (κ2) is 12.7. The molecule has 2 aromatic rings. The summed E-state index contributed by atoms with van der Waals surface area (Å²) in [7, 11) is 0. The predicted octanol–water partition coefficient (Wildman–Crippen LogP) is 6.86. The Morgan fingerprint density at radius 3 is 2.17 bits per heavy atom. The fourth-order valence-electron chi connectivity index (χ4n) is 3.60. The van der Waals surface area contributed by atoms with Crippen LogP contribution in [0.1, 0.15) is 82.3 Å². The van der Waals surface area contributed by atoms with Gasteiger partial charge in [-0.15, -0.1) is 0 Å². The van der Waals surface area contributed by atoms with Crippen molar-refractivity contribution in [1.29, 1.82) is 0 Å². The number of pyridine rings is 1. The number of aryl methyl sites for hydroxylation is 1. The molecule has 1 heterocycles. The second-order valence-corrected chi connectivity index (χ2v) is 8.14. The highest BCUT2D eigenvalue weighted by Gasteiger charge is 2.15. The van der Waals surface area contributed by atoms with E-state index in [1.54, 1.807) is 16.8 Å². The Kier molecular flexibility index (Phi) is 10.3. The molecule has 3 nitrogen and oxygen atoms in total. The summed E-state index contributed by atoms with van der Waals surface area (Å²) >= 11 is 6.07. The van der Waals surface area contributed by atoms with Gasteiger partial charge >= 0.3 is 0 Å². The fraction of sp³-hybridized carbons (Fsp3) is 0.542. The Morgan fingerprint density at radius 2 is 1.55 bits per heavy atom. The number of unbranched alkanes of at least 4 members (excludes halogenated alkanes) is 9. The van der Waals surface area contributed by atoms with Crippen molar-refractivity contribution in [3.05, 3.63) is 62.8 Å². The molecule has 0 radical (unpaired) electrons. The van der Waals surface area contributed by atoms with Gasteiger partial charge in [-0.05, 0) is 24.6 Å². The van der Waals surface area contributed by atoms with Gasteiger partial charge in [-0.25, -0.2) is 4.39 Å². The fourth-order valence-corrected chi connectivity index (χ4v) is 3.83. The minimum atomic E-state index is -0.471. The lowest BCUT2D eigenvalue weighted by Crippen LogP contribution is -2.23. The summed E-state index contributed by atoms with van der Waals surface area (Å²) in [6.07, 6.45) is 13.9. The molecule has 160 valence electrons. The first-order valence-corrected chi connectivity index (χ1v) is 11.3. The summed E-state index contributed by atoms with van der Waals surface area (Å²) in [5, 5.41) is 10.4. The number of aromatic hydroxyl groups is 1. The molecule has 29 heavy (non-hydrogen) atoms. The molecule has 0 saturated carbocycles. The lowest BCUT2D eigenvalue weighted by molar-refractivity contribution is 0.461. The number of hydrogen-bond acceptors (Lipinski definition) is 2. The highest BCUT2D eigenvalue weighted by molar-refractivity contribution is 6.31. The van der Waals surface area contributed by atoms with E-state index in [0.717, 1.165) is 12.8 Å². The standard InChI is InChI=1S/C24H33ClFNO2/c1-2-3-4-5-6-7-8-9-10-11-16-27-17-15-23(28)20(24(27)29)18-19-21(25)13-12-14-22(19)26/h12-15,17,28H,2-11,16,18H2,1H3. The summed E-state index contributed by atoms with van der Waals surface area (Å²) in [6, 6.07) is 5.92. The van der Waals surface area contributed by atoms with E-state index < -0.39 is 5.82 Å². The number of rotatable bonds is 13. The molecular formula is C24H33ClFNO2. The van der Waals surface area contributed by atoms with Gasteiger partial charge < -0.3 is 9.67 Å². The molecule has 0 aliphatic carbocycles. The Balaban J connectivity index is 1.84. The van der Waals surface area contributed by atoms with Crippen molar-refractivity contribution in [1.82, 2.24) is 4.57 Å². The SMILES string of the molecule is CCCCCCCCCCCCn1ccc(O)c(Cc2c(F)cccc2Cl)c1=O.